The second kappa shape index (κ2) is 8.51. The van der Waals surface area contributed by atoms with Crippen molar-refractivity contribution in [1.29, 1.82) is 0 Å². The Kier molecular flexibility index (Phi) is 5.80. The Labute approximate surface area is 179 Å². The molecule has 0 bridgehead atoms. The number of hydrogen-bond acceptors (Lipinski definition) is 2. The zero-order valence-corrected chi connectivity index (χ0v) is 18.4. The van der Waals surface area contributed by atoms with Gasteiger partial charge in [0.25, 0.3) is 0 Å². The van der Waals surface area contributed by atoms with Gasteiger partial charge in [-0.2, -0.15) is 0 Å². The number of fused-ring (bicyclic) bond motifs is 1. The van der Waals surface area contributed by atoms with Crippen molar-refractivity contribution >= 4 is 5.97 Å². The highest BCUT2D eigenvalue weighted by molar-refractivity contribution is 5.87. The molecule has 4 rings (SSSR count). The third kappa shape index (κ3) is 3.58. The molecule has 2 heterocycles. The second-order valence-corrected chi connectivity index (χ2v) is 8.52. The van der Waals surface area contributed by atoms with Crippen LogP contribution < -0.4 is 0 Å². The van der Waals surface area contributed by atoms with Gasteiger partial charge in [0.05, 0.1) is 18.7 Å². The monoisotopic (exact) mass is 401 g/mol. The minimum atomic E-state index is -0.121. The number of esters is 1. The molecule has 0 saturated heterocycles. The van der Waals surface area contributed by atoms with Crippen LogP contribution >= 0.6 is 0 Å². The summed E-state index contributed by atoms with van der Waals surface area (Å²) in [6, 6.07) is 21.7. The first-order valence-corrected chi connectivity index (χ1v) is 11.1. The molecule has 0 saturated carbocycles. The second-order valence-electron chi connectivity index (χ2n) is 8.52. The highest BCUT2D eigenvalue weighted by Gasteiger charge is 2.36. The van der Waals surface area contributed by atoms with E-state index in [9.17, 15) is 4.79 Å². The Hall–Kier alpha value is -2.81. The average molecular weight is 402 g/mol. The lowest BCUT2D eigenvalue weighted by atomic mass is 9.86. The molecule has 1 aromatic heterocycles. The van der Waals surface area contributed by atoms with Gasteiger partial charge in [0, 0.05) is 17.3 Å². The van der Waals surface area contributed by atoms with Crippen LogP contribution in [0.3, 0.4) is 0 Å². The number of nitrogens with zero attached hydrogens (tertiary/aromatic N) is 1. The van der Waals surface area contributed by atoms with Gasteiger partial charge in [0.2, 0.25) is 0 Å². The van der Waals surface area contributed by atoms with E-state index < -0.39 is 0 Å². The molecule has 2 aromatic carbocycles. The number of carbonyl (C=O) groups is 1. The standard InChI is InChI=1S/C27H31NO2/c1-5-30-24(29)17-19(3)25-23-16-18(2)20(4)28(23)27(22-14-10-7-11-15-22)26(25)21-12-8-6-9-13-21/h6-15,18-20H,5,16-17H2,1-4H3. The molecule has 1 aliphatic rings. The summed E-state index contributed by atoms with van der Waals surface area (Å²) in [4.78, 5) is 12.4. The Bertz CT molecular complexity index is 1020. The van der Waals surface area contributed by atoms with Crippen LogP contribution in [0.25, 0.3) is 22.4 Å². The molecule has 1 aliphatic heterocycles. The Balaban J connectivity index is 1.97. The number of carbonyl (C=O) groups excluding carboxylic acids is 1. The average Bonchev–Trinajstić information content (AvgIpc) is 3.23. The van der Waals surface area contributed by atoms with Crippen molar-refractivity contribution in [2.24, 2.45) is 5.92 Å². The van der Waals surface area contributed by atoms with Crippen molar-refractivity contribution in [2.75, 3.05) is 6.61 Å². The van der Waals surface area contributed by atoms with Crippen molar-refractivity contribution < 1.29 is 9.53 Å². The van der Waals surface area contributed by atoms with Gasteiger partial charge in [-0.15, -0.1) is 0 Å². The van der Waals surface area contributed by atoms with Crippen LogP contribution in [0.2, 0.25) is 0 Å². The Morgan fingerprint density at radius 1 is 1.03 bits per heavy atom. The van der Waals surface area contributed by atoms with E-state index in [1.54, 1.807) is 0 Å². The van der Waals surface area contributed by atoms with Crippen LogP contribution in [0, 0.1) is 5.92 Å². The highest BCUT2D eigenvalue weighted by Crippen LogP contribution is 2.49. The van der Waals surface area contributed by atoms with Crippen LogP contribution in [0.15, 0.2) is 60.7 Å². The predicted molar refractivity (Wildman–Crippen MR) is 123 cm³/mol. The summed E-state index contributed by atoms with van der Waals surface area (Å²) in [6.07, 6.45) is 1.44. The first-order chi connectivity index (χ1) is 14.5. The van der Waals surface area contributed by atoms with Gasteiger partial charge in [0.1, 0.15) is 0 Å². The largest absolute Gasteiger partial charge is 0.466 e. The van der Waals surface area contributed by atoms with Crippen molar-refractivity contribution in [3.05, 3.63) is 71.9 Å². The lowest BCUT2D eigenvalue weighted by molar-refractivity contribution is -0.143. The summed E-state index contributed by atoms with van der Waals surface area (Å²) in [5, 5.41) is 0. The fourth-order valence-electron chi connectivity index (χ4n) is 4.92. The summed E-state index contributed by atoms with van der Waals surface area (Å²) in [5.41, 5.74) is 7.68. The van der Waals surface area contributed by atoms with Gasteiger partial charge < -0.3 is 9.30 Å². The summed E-state index contributed by atoms with van der Waals surface area (Å²) in [5.74, 6) is 0.542. The first-order valence-electron chi connectivity index (χ1n) is 11.1. The van der Waals surface area contributed by atoms with E-state index in [0.29, 0.717) is 25.0 Å². The van der Waals surface area contributed by atoms with Gasteiger partial charge in [-0.05, 0) is 48.8 Å². The van der Waals surface area contributed by atoms with E-state index in [2.05, 4.69) is 86.0 Å². The normalized spacial score (nSPS) is 18.8. The number of aromatic nitrogens is 1. The first kappa shape index (κ1) is 20.5. The molecule has 0 spiro atoms. The van der Waals surface area contributed by atoms with E-state index in [4.69, 9.17) is 4.74 Å². The molecule has 0 radical (unpaired) electrons. The van der Waals surface area contributed by atoms with Crippen LogP contribution in [0.4, 0.5) is 0 Å². The van der Waals surface area contributed by atoms with Gasteiger partial charge in [-0.25, -0.2) is 0 Å². The van der Waals surface area contributed by atoms with E-state index in [-0.39, 0.29) is 11.9 Å². The maximum absolute atomic E-state index is 12.4. The van der Waals surface area contributed by atoms with E-state index in [1.807, 2.05) is 6.92 Å². The lowest BCUT2D eigenvalue weighted by Crippen LogP contribution is -2.10. The van der Waals surface area contributed by atoms with Gasteiger partial charge in [0.15, 0.2) is 0 Å². The molecular weight excluding hydrogens is 370 g/mol. The third-order valence-electron chi connectivity index (χ3n) is 6.48. The SMILES string of the molecule is CCOC(=O)CC(C)c1c(-c2ccccc2)c(-c2ccccc2)n2c1CC(C)C2C. The van der Waals surface area contributed by atoms with Crippen LogP contribution in [-0.2, 0) is 16.0 Å². The molecule has 0 amide bonds. The minimum Gasteiger partial charge on any atom is -0.466 e. The molecular formula is C27H31NO2. The topological polar surface area (TPSA) is 31.2 Å². The Morgan fingerprint density at radius 3 is 2.23 bits per heavy atom. The fourth-order valence-corrected chi connectivity index (χ4v) is 4.92. The molecule has 0 aliphatic carbocycles. The quantitative estimate of drug-likeness (QED) is 0.434. The maximum atomic E-state index is 12.4. The van der Waals surface area contributed by atoms with E-state index in [0.717, 1.165) is 6.42 Å². The zero-order chi connectivity index (χ0) is 21.3. The van der Waals surface area contributed by atoms with Gasteiger partial charge >= 0.3 is 5.97 Å². The van der Waals surface area contributed by atoms with Crippen molar-refractivity contribution in [1.82, 2.24) is 4.57 Å². The molecule has 3 aromatic rings. The van der Waals surface area contributed by atoms with Crippen molar-refractivity contribution in [2.45, 2.75) is 52.5 Å². The number of hydrogen-bond donors (Lipinski definition) is 0. The minimum absolute atomic E-state index is 0.0930. The molecule has 3 atom stereocenters. The van der Waals surface area contributed by atoms with Crippen LogP contribution in [0.5, 0.6) is 0 Å². The molecule has 156 valence electrons. The molecule has 0 N–H and O–H groups in total. The molecule has 3 heteroatoms. The van der Waals surface area contributed by atoms with Crippen molar-refractivity contribution in [3.63, 3.8) is 0 Å². The zero-order valence-electron chi connectivity index (χ0n) is 18.4. The van der Waals surface area contributed by atoms with Gasteiger partial charge in [-0.3, -0.25) is 4.79 Å². The number of benzene rings is 2. The fraction of sp³-hybridized carbons (Fsp3) is 0.370. The summed E-state index contributed by atoms with van der Waals surface area (Å²) in [7, 11) is 0. The van der Waals surface area contributed by atoms with E-state index >= 15 is 0 Å². The van der Waals surface area contributed by atoms with Gasteiger partial charge in [-0.1, -0.05) is 74.5 Å². The number of rotatable bonds is 6. The predicted octanol–water partition coefficient (Wildman–Crippen LogP) is 6.63. The summed E-state index contributed by atoms with van der Waals surface area (Å²) in [6.45, 7) is 9.11. The Morgan fingerprint density at radius 2 is 1.63 bits per heavy atom. The van der Waals surface area contributed by atoms with Crippen LogP contribution in [0.1, 0.15) is 57.3 Å². The molecule has 3 nitrogen and oxygen atoms in total. The smallest absolute Gasteiger partial charge is 0.306 e. The third-order valence-corrected chi connectivity index (χ3v) is 6.48. The number of ether oxygens (including phenoxy) is 1. The van der Waals surface area contributed by atoms with Crippen molar-refractivity contribution in [3.8, 4) is 22.4 Å². The van der Waals surface area contributed by atoms with Crippen LogP contribution in [-0.4, -0.2) is 17.1 Å². The lowest BCUT2D eigenvalue weighted by Gasteiger charge is -2.19. The molecule has 3 unspecified atom stereocenters. The summed E-state index contributed by atoms with van der Waals surface area (Å²) < 4.78 is 7.83. The highest BCUT2D eigenvalue weighted by atomic mass is 16.5. The summed E-state index contributed by atoms with van der Waals surface area (Å²) >= 11 is 0. The van der Waals surface area contributed by atoms with E-state index in [1.165, 1.54) is 33.6 Å². The maximum Gasteiger partial charge on any atom is 0.306 e. The molecule has 30 heavy (non-hydrogen) atoms. The molecule has 0 fully saturated rings.